The average molecular weight is 359 g/mol. The molecule has 4 aromatic rings. The molecule has 0 fully saturated rings. The highest BCUT2D eigenvalue weighted by Gasteiger charge is 2.06. The zero-order chi connectivity index (χ0) is 17.9. The fourth-order valence-electron chi connectivity index (χ4n) is 3.19. The standard InChI is InChI=1S/C22H21N3S/c1-15-13-21(17-7-3-5-9-19(17)24-15)23-11-12-26-22-14-16(2)25-20-10-6-4-8-18(20)22/h3-10,13-14H,11-12H2,1-2H3,(H,23,24). The van der Waals surface area contributed by atoms with E-state index in [1.807, 2.05) is 30.8 Å². The van der Waals surface area contributed by atoms with Crippen LogP contribution in [0.2, 0.25) is 0 Å². The van der Waals surface area contributed by atoms with Gasteiger partial charge in [0, 0.05) is 45.0 Å². The Morgan fingerprint density at radius 1 is 0.808 bits per heavy atom. The Balaban J connectivity index is 1.48. The lowest BCUT2D eigenvalue weighted by Gasteiger charge is -2.11. The van der Waals surface area contributed by atoms with Gasteiger partial charge in [0.25, 0.3) is 0 Å². The minimum absolute atomic E-state index is 0.897. The molecule has 3 nitrogen and oxygen atoms in total. The number of hydrogen-bond donors (Lipinski definition) is 1. The summed E-state index contributed by atoms with van der Waals surface area (Å²) >= 11 is 1.87. The smallest absolute Gasteiger partial charge is 0.0725 e. The van der Waals surface area contributed by atoms with Gasteiger partial charge in [0.1, 0.15) is 0 Å². The predicted octanol–water partition coefficient (Wildman–Crippen LogP) is 5.60. The van der Waals surface area contributed by atoms with Crippen molar-refractivity contribution in [3.8, 4) is 0 Å². The van der Waals surface area contributed by atoms with Crippen LogP contribution in [0.5, 0.6) is 0 Å². The summed E-state index contributed by atoms with van der Waals surface area (Å²) < 4.78 is 0. The summed E-state index contributed by atoms with van der Waals surface area (Å²) in [6.07, 6.45) is 0. The van der Waals surface area contributed by atoms with Gasteiger partial charge in [0.2, 0.25) is 0 Å². The highest BCUT2D eigenvalue weighted by molar-refractivity contribution is 7.99. The molecule has 0 radical (unpaired) electrons. The number of anilines is 1. The van der Waals surface area contributed by atoms with E-state index in [2.05, 4.69) is 70.7 Å². The third-order valence-corrected chi connectivity index (χ3v) is 5.38. The molecule has 2 heterocycles. The molecule has 130 valence electrons. The van der Waals surface area contributed by atoms with Crippen molar-refractivity contribution in [3.63, 3.8) is 0 Å². The van der Waals surface area contributed by atoms with E-state index in [9.17, 15) is 0 Å². The van der Waals surface area contributed by atoms with Crippen LogP contribution in [0.4, 0.5) is 5.69 Å². The van der Waals surface area contributed by atoms with E-state index in [0.29, 0.717) is 0 Å². The van der Waals surface area contributed by atoms with Gasteiger partial charge in [-0.15, -0.1) is 11.8 Å². The number of fused-ring (bicyclic) bond motifs is 2. The first-order valence-electron chi connectivity index (χ1n) is 8.80. The zero-order valence-corrected chi connectivity index (χ0v) is 15.8. The van der Waals surface area contributed by atoms with Crippen LogP contribution in [-0.4, -0.2) is 22.3 Å². The molecule has 2 aromatic heterocycles. The zero-order valence-electron chi connectivity index (χ0n) is 15.0. The van der Waals surface area contributed by atoms with Crippen LogP contribution in [-0.2, 0) is 0 Å². The minimum Gasteiger partial charge on any atom is -0.384 e. The number of thioether (sulfide) groups is 1. The Morgan fingerprint density at radius 3 is 2.19 bits per heavy atom. The van der Waals surface area contributed by atoms with Gasteiger partial charge in [-0.25, -0.2) is 0 Å². The van der Waals surface area contributed by atoms with Crippen LogP contribution >= 0.6 is 11.8 Å². The highest BCUT2D eigenvalue weighted by atomic mass is 32.2. The number of hydrogen-bond acceptors (Lipinski definition) is 4. The fraction of sp³-hybridized carbons (Fsp3) is 0.182. The summed E-state index contributed by atoms with van der Waals surface area (Å²) in [5.74, 6) is 0.989. The van der Waals surface area contributed by atoms with Gasteiger partial charge in [0.15, 0.2) is 0 Å². The van der Waals surface area contributed by atoms with Crippen molar-refractivity contribution in [3.05, 3.63) is 72.1 Å². The lowest BCUT2D eigenvalue weighted by molar-refractivity contribution is 1.19. The molecule has 2 aromatic carbocycles. The molecule has 0 aliphatic rings. The van der Waals surface area contributed by atoms with Gasteiger partial charge < -0.3 is 5.32 Å². The number of nitrogens with one attached hydrogen (secondary N) is 1. The summed E-state index contributed by atoms with van der Waals surface area (Å²) in [6.45, 7) is 4.99. The Labute approximate surface area is 157 Å². The van der Waals surface area contributed by atoms with Crippen molar-refractivity contribution in [1.29, 1.82) is 0 Å². The van der Waals surface area contributed by atoms with E-state index in [1.54, 1.807) is 0 Å². The largest absolute Gasteiger partial charge is 0.384 e. The maximum absolute atomic E-state index is 4.62. The van der Waals surface area contributed by atoms with E-state index < -0.39 is 0 Å². The predicted molar refractivity (Wildman–Crippen MR) is 112 cm³/mol. The molecule has 4 heteroatoms. The van der Waals surface area contributed by atoms with Gasteiger partial charge in [-0.1, -0.05) is 36.4 Å². The third-order valence-electron chi connectivity index (χ3n) is 4.33. The molecule has 0 aliphatic heterocycles. The summed E-state index contributed by atoms with van der Waals surface area (Å²) in [5.41, 5.74) is 5.37. The van der Waals surface area contributed by atoms with Crippen molar-refractivity contribution in [2.24, 2.45) is 0 Å². The Hall–Kier alpha value is -2.59. The SMILES string of the molecule is Cc1cc(NCCSc2cc(C)nc3ccccc23)c2ccccc2n1. The molecular formula is C22H21N3S. The van der Waals surface area contributed by atoms with E-state index in [1.165, 1.54) is 15.7 Å². The molecule has 1 N–H and O–H groups in total. The molecule has 0 saturated carbocycles. The van der Waals surface area contributed by atoms with Gasteiger partial charge in [0.05, 0.1) is 11.0 Å². The van der Waals surface area contributed by atoms with E-state index in [4.69, 9.17) is 0 Å². The van der Waals surface area contributed by atoms with Crippen molar-refractivity contribution in [1.82, 2.24) is 9.97 Å². The van der Waals surface area contributed by atoms with Crippen molar-refractivity contribution < 1.29 is 0 Å². The van der Waals surface area contributed by atoms with Gasteiger partial charge in [-0.3, -0.25) is 9.97 Å². The second-order valence-corrected chi connectivity index (χ2v) is 7.52. The second kappa shape index (κ2) is 7.34. The van der Waals surface area contributed by atoms with Crippen LogP contribution in [0.15, 0.2) is 65.6 Å². The number of aromatic nitrogens is 2. The maximum atomic E-state index is 4.62. The Bertz CT molecular complexity index is 988. The Morgan fingerprint density at radius 2 is 1.42 bits per heavy atom. The van der Waals surface area contributed by atoms with Crippen molar-refractivity contribution in [2.45, 2.75) is 18.7 Å². The number of nitrogens with zero attached hydrogens (tertiary/aromatic N) is 2. The van der Waals surface area contributed by atoms with Crippen LogP contribution in [0.25, 0.3) is 21.8 Å². The number of aryl methyl sites for hydroxylation is 2. The molecule has 4 rings (SSSR count). The molecule has 0 bridgehead atoms. The minimum atomic E-state index is 0.897. The monoisotopic (exact) mass is 359 g/mol. The van der Waals surface area contributed by atoms with E-state index in [-0.39, 0.29) is 0 Å². The summed E-state index contributed by atoms with van der Waals surface area (Å²) in [6, 6.07) is 20.9. The quantitative estimate of drug-likeness (QED) is 0.371. The molecule has 0 amide bonds. The fourth-order valence-corrected chi connectivity index (χ4v) is 4.20. The van der Waals surface area contributed by atoms with Crippen LogP contribution in [0, 0.1) is 13.8 Å². The first-order valence-corrected chi connectivity index (χ1v) is 9.79. The summed E-state index contributed by atoms with van der Waals surface area (Å²) in [7, 11) is 0. The molecule has 26 heavy (non-hydrogen) atoms. The first kappa shape index (κ1) is 16.9. The van der Waals surface area contributed by atoms with E-state index in [0.717, 1.165) is 40.4 Å². The number of rotatable bonds is 5. The summed E-state index contributed by atoms with van der Waals surface area (Å²) in [5, 5.41) is 5.99. The molecule has 0 unspecified atom stereocenters. The lowest BCUT2D eigenvalue weighted by Crippen LogP contribution is -2.05. The third kappa shape index (κ3) is 3.51. The van der Waals surface area contributed by atoms with Crippen LogP contribution in [0.3, 0.4) is 0 Å². The van der Waals surface area contributed by atoms with Gasteiger partial charge in [-0.2, -0.15) is 0 Å². The summed E-state index contributed by atoms with van der Waals surface area (Å²) in [4.78, 5) is 10.5. The van der Waals surface area contributed by atoms with Crippen molar-refractivity contribution in [2.75, 3.05) is 17.6 Å². The second-order valence-electron chi connectivity index (χ2n) is 6.38. The van der Waals surface area contributed by atoms with Crippen LogP contribution in [0.1, 0.15) is 11.4 Å². The maximum Gasteiger partial charge on any atom is 0.0725 e. The van der Waals surface area contributed by atoms with Gasteiger partial charge in [-0.05, 0) is 38.1 Å². The normalized spacial score (nSPS) is 11.2. The van der Waals surface area contributed by atoms with Crippen LogP contribution < -0.4 is 5.32 Å². The number of benzene rings is 2. The Kier molecular flexibility index (Phi) is 4.76. The highest BCUT2D eigenvalue weighted by Crippen LogP contribution is 2.28. The molecule has 0 atom stereocenters. The lowest BCUT2D eigenvalue weighted by atomic mass is 10.1. The first-order chi connectivity index (χ1) is 12.7. The number of para-hydroxylation sites is 2. The number of pyridine rings is 2. The molecular weight excluding hydrogens is 338 g/mol. The molecule has 0 aliphatic carbocycles. The topological polar surface area (TPSA) is 37.8 Å². The molecule has 0 saturated heterocycles. The van der Waals surface area contributed by atoms with Crippen molar-refractivity contribution >= 4 is 39.3 Å². The average Bonchev–Trinajstić information content (AvgIpc) is 2.64. The van der Waals surface area contributed by atoms with Gasteiger partial charge >= 0.3 is 0 Å². The molecule has 0 spiro atoms. The van der Waals surface area contributed by atoms with E-state index >= 15 is 0 Å².